The molecule has 31 heavy (non-hydrogen) atoms. The molecule has 1 aliphatic heterocycles. The van der Waals surface area contributed by atoms with Gasteiger partial charge in [0.2, 0.25) is 0 Å². The molecule has 1 saturated heterocycles. The fourth-order valence-corrected chi connectivity index (χ4v) is 3.88. The topological polar surface area (TPSA) is 66.7 Å². The van der Waals surface area contributed by atoms with E-state index in [1.807, 2.05) is 30.8 Å². The fourth-order valence-electron chi connectivity index (χ4n) is 3.88. The molecule has 0 aliphatic carbocycles. The number of ether oxygens (including phenoxy) is 1. The van der Waals surface area contributed by atoms with Gasteiger partial charge in [-0.3, -0.25) is 9.67 Å². The van der Waals surface area contributed by atoms with Crippen LogP contribution in [0.2, 0.25) is 0 Å². The number of nitrogens with one attached hydrogen (secondary N) is 2. The van der Waals surface area contributed by atoms with Crippen molar-refractivity contribution in [3.8, 4) is 5.75 Å². The number of nitrogens with zero attached hydrogens (tertiary/aromatic N) is 4. The second-order valence-corrected chi connectivity index (χ2v) is 7.44. The summed E-state index contributed by atoms with van der Waals surface area (Å²) in [5, 5.41) is 11.2. The van der Waals surface area contributed by atoms with Crippen LogP contribution in [-0.4, -0.2) is 55.1 Å². The van der Waals surface area contributed by atoms with Crippen molar-refractivity contribution in [1.82, 2.24) is 20.4 Å². The highest BCUT2D eigenvalue weighted by Gasteiger charge is 2.26. The zero-order chi connectivity index (χ0) is 21.7. The van der Waals surface area contributed by atoms with E-state index in [-0.39, 0.29) is 35.8 Å². The van der Waals surface area contributed by atoms with E-state index in [9.17, 15) is 8.78 Å². The number of aliphatic imine (C=N–C) groups is 1. The number of guanidine groups is 1. The zero-order valence-electron chi connectivity index (χ0n) is 18.4. The van der Waals surface area contributed by atoms with E-state index in [0.29, 0.717) is 12.2 Å². The predicted octanol–water partition coefficient (Wildman–Crippen LogP) is 3.24. The molecular weight excluding hydrogens is 517 g/mol. The summed E-state index contributed by atoms with van der Waals surface area (Å²) in [5.41, 5.74) is 4.17. The number of aryl methyl sites for hydroxylation is 2. The summed E-state index contributed by atoms with van der Waals surface area (Å²) in [7, 11) is 3.70. The summed E-state index contributed by atoms with van der Waals surface area (Å²) in [6.07, 6.45) is 1.74. The third-order valence-corrected chi connectivity index (χ3v) is 5.50. The Morgan fingerprint density at radius 1 is 1.32 bits per heavy atom. The molecule has 2 aromatic rings. The second-order valence-electron chi connectivity index (χ2n) is 7.44. The van der Waals surface area contributed by atoms with E-state index >= 15 is 0 Å². The number of halogens is 3. The Kier molecular flexibility index (Phi) is 9.32. The predicted molar refractivity (Wildman–Crippen MR) is 130 cm³/mol. The van der Waals surface area contributed by atoms with Crippen LogP contribution in [0.5, 0.6) is 5.75 Å². The molecule has 1 aromatic heterocycles. The average Bonchev–Trinajstić information content (AvgIpc) is 3.26. The fraction of sp³-hybridized carbons (Fsp3) is 0.524. The molecule has 1 aromatic carbocycles. The van der Waals surface area contributed by atoms with Gasteiger partial charge in [-0.1, -0.05) is 12.1 Å². The van der Waals surface area contributed by atoms with Crippen molar-refractivity contribution in [2.75, 3.05) is 31.6 Å². The number of alkyl halides is 2. The third kappa shape index (κ3) is 6.44. The lowest BCUT2D eigenvalue weighted by Gasteiger charge is -2.22. The van der Waals surface area contributed by atoms with Gasteiger partial charge in [0.05, 0.1) is 11.4 Å². The lowest BCUT2D eigenvalue weighted by molar-refractivity contribution is -0.0495. The summed E-state index contributed by atoms with van der Waals surface area (Å²) < 4.78 is 32.0. The van der Waals surface area contributed by atoms with E-state index < -0.39 is 6.61 Å². The average molecular weight is 548 g/mol. The van der Waals surface area contributed by atoms with E-state index in [2.05, 4.69) is 37.3 Å². The molecule has 2 heterocycles. The van der Waals surface area contributed by atoms with Crippen LogP contribution in [-0.2, 0) is 13.5 Å². The first kappa shape index (κ1) is 25.2. The molecule has 1 atom stereocenters. The summed E-state index contributed by atoms with van der Waals surface area (Å²) in [6.45, 7) is 3.45. The quantitative estimate of drug-likeness (QED) is 0.316. The molecule has 7 nitrogen and oxygen atoms in total. The van der Waals surface area contributed by atoms with Gasteiger partial charge in [0, 0.05) is 45.5 Å². The lowest BCUT2D eigenvalue weighted by atomic mass is 10.1. The van der Waals surface area contributed by atoms with Crippen molar-refractivity contribution in [3.05, 3.63) is 41.2 Å². The highest BCUT2D eigenvalue weighted by molar-refractivity contribution is 14.0. The van der Waals surface area contributed by atoms with Gasteiger partial charge in [-0.15, -0.1) is 24.0 Å². The summed E-state index contributed by atoms with van der Waals surface area (Å²) in [6, 6.07) is 7.08. The molecule has 10 heteroatoms. The minimum Gasteiger partial charge on any atom is -0.433 e. The van der Waals surface area contributed by atoms with Crippen molar-refractivity contribution >= 4 is 35.6 Å². The lowest BCUT2D eigenvalue weighted by Crippen LogP contribution is -2.45. The number of para-hydroxylation sites is 2. The molecule has 0 radical (unpaired) electrons. The van der Waals surface area contributed by atoms with Crippen LogP contribution in [0.3, 0.4) is 0 Å². The van der Waals surface area contributed by atoms with E-state index in [1.165, 1.54) is 11.3 Å². The van der Waals surface area contributed by atoms with Crippen LogP contribution in [0.1, 0.15) is 23.4 Å². The Bertz CT molecular complexity index is 889. The molecule has 1 aliphatic rings. The Labute approximate surface area is 199 Å². The Morgan fingerprint density at radius 3 is 2.71 bits per heavy atom. The van der Waals surface area contributed by atoms with Gasteiger partial charge in [0.15, 0.2) is 5.96 Å². The molecule has 172 valence electrons. The van der Waals surface area contributed by atoms with E-state index in [0.717, 1.165) is 37.6 Å². The van der Waals surface area contributed by atoms with Crippen LogP contribution in [0.15, 0.2) is 29.3 Å². The van der Waals surface area contributed by atoms with Crippen LogP contribution in [0.4, 0.5) is 14.5 Å². The molecule has 0 saturated carbocycles. The minimum absolute atomic E-state index is 0. The third-order valence-electron chi connectivity index (χ3n) is 5.50. The first-order chi connectivity index (χ1) is 14.4. The molecule has 2 N–H and O–H groups in total. The van der Waals surface area contributed by atoms with Crippen LogP contribution in [0, 0.1) is 13.8 Å². The van der Waals surface area contributed by atoms with Gasteiger partial charge in [0.1, 0.15) is 5.75 Å². The molecule has 0 spiro atoms. The molecule has 1 unspecified atom stereocenters. The normalized spacial score (nSPS) is 16.4. The van der Waals surface area contributed by atoms with Crippen LogP contribution < -0.4 is 20.3 Å². The highest BCUT2D eigenvalue weighted by atomic mass is 127. The number of rotatable bonds is 7. The number of anilines is 1. The Hall–Kier alpha value is -2.11. The highest BCUT2D eigenvalue weighted by Crippen LogP contribution is 2.31. The van der Waals surface area contributed by atoms with E-state index in [1.54, 1.807) is 19.2 Å². The largest absolute Gasteiger partial charge is 0.433 e. The molecule has 0 amide bonds. The first-order valence-corrected chi connectivity index (χ1v) is 10.1. The maximum absolute atomic E-state index is 12.7. The van der Waals surface area contributed by atoms with Crippen molar-refractivity contribution in [2.45, 2.75) is 39.3 Å². The number of benzene rings is 1. The van der Waals surface area contributed by atoms with Gasteiger partial charge in [0.25, 0.3) is 0 Å². The number of hydrogen-bond donors (Lipinski definition) is 2. The second kappa shape index (κ2) is 11.5. The van der Waals surface area contributed by atoms with Crippen LogP contribution in [0.25, 0.3) is 0 Å². The van der Waals surface area contributed by atoms with Crippen molar-refractivity contribution in [2.24, 2.45) is 12.0 Å². The Balaban J connectivity index is 0.00000341. The monoisotopic (exact) mass is 548 g/mol. The van der Waals surface area contributed by atoms with Crippen LogP contribution >= 0.6 is 24.0 Å². The van der Waals surface area contributed by atoms with Crippen molar-refractivity contribution < 1.29 is 13.5 Å². The van der Waals surface area contributed by atoms with E-state index in [4.69, 9.17) is 0 Å². The summed E-state index contributed by atoms with van der Waals surface area (Å²) in [4.78, 5) is 6.38. The number of aromatic nitrogens is 2. The molecular formula is C21H31F2IN6O. The molecule has 3 rings (SSSR count). The minimum atomic E-state index is -2.84. The summed E-state index contributed by atoms with van der Waals surface area (Å²) in [5.74, 6) is 0.941. The SMILES string of the molecule is CN=C(NCCc1c(C)nn(C)c1C)NC1CCN(c2ccccc2OC(F)F)C1.I. The van der Waals surface area contributed by atoms with Gasteiger partial charge >= 0.3 is 6.61 Å². The Morgan fingerprint density at radius 2 is 2.06 bits per heavy atom. The smallest absolute Gasteiger partial charge is 0.387 e. The summed E-state index contributed by atoms with van der Waals surface area (Å²) >= 11 is 0. The van der Waals surface area contributed by atoms with Gasteiger partial charge in [-0.25, -0.2) is 0 Å². The van der Waals surface area contributed by atoms with Crippen molar-refractivity contribution in [1.29, 1.82) is 0 Å². The zero-order valence-corrected chi connectivity index (χ0v) is 20.7. The van der Waals surface area contributed by atoms with Crippen molar-refractivity contribution in [3.63, 3.8) is 0 Å². The number of hydrogen-bond acceptors (Lipinski definition) is 4. The van der Waals surface area contributed by atoms with Gasteiger partial charge < -0.3 is 20.3 Å². The molecule has 0 bridgehead atoms. The van der Waals surface area contributed by atoms with Gasteiger partial charge in [-0.05, 0) is 44.4 Å². The maximum atomic E-state index is 12.7. The maximum Gasteiger partial charge on any atom is 0.387 e. The van der Waals surface area contributed by atoms with Gasteiger partial charge in [-0.2, -0.15) is 13.9 Å². The standard InChI is InChI=1S/C21H30F2N6O.HI/c1-14-17(15(2)28(4)27-14)9-11-25-21(24-3)26-16-10-12-29(13-16)18-7-5-6-8-19(18)30-20(22)23;/h5-8,16,20H,9-13H2,1-4H3,(H2,24,25,26);1H. The molecule has 1 fully saturated rings. The first-order valence-electron chi connectivity index (χ1n) is 10.1.